The van der Waals surface area contributed by atoms with Gasteiger partial charge >= 0.3 is 0 Å². The molecule has 0 aliphatic carbocycles. The van der Waals surface area contributed by atoms with Crippen LogP contribution < -0.4 is 5.32 Å². The number of fused-ring (bicyclic) bond motifs is 1. The lowest BCUT2D eigenvalue weighted by atomic mass is 10.2. The second-order valence-electron chi connectivity index (χ2n) is 3.99. The molecule has 0 atom stereocenters. The molecule has 0 spiro atoms. The Morgan fingerprint density at radius 3 is 3.06 bits per heavy atom. The minimum absolute atomic E-state index is 0.172. The number of H-pyrrole nitrogens is 1. The van der Waals surface area contributed by atoms with Gasteiger partial charge in [-0.2, -0.15) is 0 Å². The molecule has 2 aromatic heterocycles. The van der Waals surface area contributed by atoms with E-state index in [0.717, 1.165) is 21.6 Å². The van der Waals surface area contributed by atoms with Gasteiger partial charge in [-0.1, -0.05) is 0 Å². The van der Waals surface area contributed by atoms with Crippen molar-refractivity contribution in [2.24, 2.45) is 0 Å². The van der Waals surface area contributed by atoms with Crippen LogP contribution in [0.5, 0.6) is 0 Å². The van der Waals surface area contributed by atoms with Crippen molar-refractivity contribution in [2.75, 3.05) is 5.32 Å². The third kappa shape index (κ3) is 2.00. The molecule has 1 aromatic carbocycles. The minimum atomic E-state index is -0.172. The van der Waals surface area contributed by atoms with Crippen LogP contribution >= 0.6 is 11.3 Å². The topological polar surface area (TPSA) is 57.8 Å². The normalized spacial score (nSPS) is 10.7. The van der Waals surface area contributed by atoms with E-state index in [1.807, 2.05) is 37.4 Å². The second kappa shape index (κ2) is 4.27. The number of benzene rings is 1. The van der Waals surface area contributed by atoms with Crippen molar-refractivity contribution >= 4 is 33.8 Å². The van der Waals surface area contributed by atoms with Crippen molar-refractivity contribution in [1.29, 1.82) is 0 Å². The molecule has 0 unspecified atom stereocenters. The van der Waals surface area contributed by atoms with E-state index in [1.165, 1.54) is 11.3 Å². The van der Waals surface area contributed by atoms with Crippen LogP contribution in [0.3, 0.4) is 0 Å². The molecule has 0 radical (unpaired) electrons. The average Bonchev–Trinajstić information content (AvgIpc) is 2.96. The molecule has 5 heteroatoms. The number of hydrogen-bond acceptors (Lipinski definition) is 3. The molecule has 2 heterocycles. The molecule has 1 amide bonds. The number of hydrogen-bond donors (Lipinski definition) is 2. The van der Waals surface area contributed by atoms with Crippen LogP contribution in [-0.4, -0.2) is 15.9 Å². The summed E-state index contributed by atoms with van der Waals surface area (Å²) in [5.41, 5.74) is 2.29. The summed E-state index contributed by atoms with van der Waals surface area (Å²) >= 11 is 1.47. The van der Waals surface area contributed by atoms with Crippen molar-refractivity contribution in [1.82, 2.24) is 9.97 Å². The molecule has 18 heavy (non-hydrogen) atoms. The van der Waals surface area contributed by atoms with Gasteiger partial charge in [0.2, 0.25) is 0 Å². The largest absolute Gasteiger partial charge is 0.361 e. The van der Waals surface area contributed by atoms with E-state index in [2.05, 4.69) is 15.3 Å². The maximum absolute atomic E-state index is 11.9. The number of nitrogens with zero attached hydrogens (tertiary/aromatic N) is 1. The lowest BCUT2D eigenvalue weighted by Gasteiger charge is -2.03. The van der Waals surface area contributed by atoms with Crippen LogP contribution in [0.15, 0.2) is 35.8 Å². The first-order chi connectivity index (χ1) is 8.72. The van der Waals surface area contributed by atoms with Gasteiger partial charge in [0.05, 0.1) is 5.01 Å². The number of rotatable bonds is 2. The average molecular weight is 257 g/mol. The third-order valence-corrected chi connectivity index (χ3v) is 3.44. The highest BCUT2D eigenvalue weighted by atomic mass is 32.1. The Morgan fingerprint density at radius 1 is 1.39 bits per heavy atom. The molecule has 0 aliphatic heterocycles. The number of thiazole rings is 1. The Kier molecular flexibility index (Phi) is 2.60. The van der Waals surface area contributed by atoms with Crippen LogP contribution in [0.2, 0.25) is 0 Å². The monoisotopic (exact) mass is 257 g/mol. The van der Waals surface area contributed by atoms with Crippen LogP contribution in [0, 0.1) is 6.92 Å². The summed E-state index contributed by atoms with van der Waals surface area (Å²) < 4.78 is 0. The van der Waals surface area contributed by atoms with Crippen LogP contribution in [-0.2, 0) is 0 Å². The molecule has 0 aliphatic rings. The maximum Gasteiger partial charge on any atom is 0.275 e. The molecule has 0 fully saturated rings. The summed E-state index contributed by atoms with van der Waals surface area (Å²) in [7, 11) is 0. The van der Waals surface area contributed by atoms with Gasteiger partial charge in [0.1, 0.15) is 5.69 Å². The van der Waals surface area contributed by atoms with Crippen molar-refractivity contribution in [3.8, 4) is 0 Å². The zero-order chi connectivity index (χ0) is 12.5. The summed E-state index contributed by atoms with van der Waals surface area (Å²) in [5.74, 6) is -0.172. The highest BCUT2D eigenvalue weighted by molar-refractivity contribution is 7.09. The van der Waals surface area contributed by atoms with Crippen molar-refractivity contribution < 1.29 is 4.79 Å². The summed E-state index contributed by atoms with van der Waals surface area (Å²) in [4.78, 5) is 19.2. The van der Waals surface area contributed by atoms with Gasteiger partial charge in [0.25, 0.3) is 5.91 Å². The second-order valence-corrected chi connectivity index (χ2v) is 5.05. The predicted octanol–water partition coefficient (Wildman–Crippen LogP) is 3.19. The lowest BCUT2D eigenvalue weighted by molar-refractivity contribution is 0.102. The fraction of sp³-hybridized carbons (Fsp3) is 0.0769. The predicted molar refractivity (Wildman–Crippen MR) is 73.1 cm³/mol. The van der Waals surface area contributed by atoms with Gasteiger partial charge in [-0.15, -0.1) is 11.3 Å². The minimum Gasteiger partial charge on any atom is -0.361 e. The van der Waals surface area contributed by atoms with Gasteiger partial charge in [-0.05, 0) is 31.2 Å². The standard InChI is InChI=1S/C13H11N3OS/c1-8-15-12(7-18-8)13(17)16-10-2-3-11-9(6-10)4-5-14-11/h2-7,14H,1H3,(H,16,17). The van der Waals surface area contributed by atoms with E-state index in [0.29, 0.717) is 5.69 Å². The molecule has 3 aromatic rings. The van der Waals surface area contributed by atoms with Crippen molar-refractivity contribution in [3.05, 3.63) is 46.5 Å². The number of carbonyl (C=O) groups is 1. The van der Waals surface area contributed by atoms with Gasteiger partial charge in [-0.25, -0.2) is 4.98 Å². The Labute approximate surface area is 108 Å². The van der Waals surface area contributed by atoms with Crippen molar-refractivity contribution in [2.45, 2.75) is 6.92 Å². The summed E-state index contributed by atoms with van der Waals surface area (Å²) in [6.07, 6.45) is 1.88. The summed E-state index contributed by atoms with van der Waals surface area (Å²) in [6.45, 7) is 1.88. The molecule has 0 saturated heterocycles. The molecule has 0 saturated carbocycles. The summed E-state index contributed by atoms with van der Waals surface area (Å²) in [5, 5.41) is 6.57. The van der Waals surface area contributed by atoms with Gasteiger partial charge in [-0.3, -0.25) is 4.79 Å². The van der Waals surface area contributed by atoms with E-state index >= 15 is 0 Å². The first kappa shape index (κ1) is 11.0. The van der Waals surface area contributed by atoms with Crippen molar-refractivity contribution in [3.63, 3.8) is 0 Å². The number of aromatic nitrogens is 2. The Morgan fingerprint density at radius 2 is 2.28 bits per heavy atom. The number of anilines is 1. The molecule has 0 bridgehead atoms. The van der Waals surface area contributed by atoms with E-state index in [1.54, 1.807) is 5.38 Å². The van der Waals surface area contributed by atoms with E-state index in [4.69, 9.17) is 0 Å². The fourth-order valence-electron chi connectivity index (χ4n) is 1.79. The van der Waals surface area contributed by atoms with Gasteiger partial charge in [0, 0.05) is 28.2 Å². The molecule has 4 nitrogen and oxygen atoms in total. The number of nitrogens with one attached hydrogen (secondary N) is 2. The third-order valence-electron chi connectivity index (χ3n) is 2.66. The van der Waals surface area contributed by atoms with E-state index in [9.17, 15) is 4.79 Å². The number of amides is 1. The molecule has 2 N–H and O–H groups in total. The quantitative estimate of drug-likeness (QED) is 0.740. The number of aromatic amines is 1. The number of aryl methyl sites for hydroxylation is 1. The molecular formula is C13H11N3OS. The van der Waals surface area contributed by atoms with E-state index in [-0.39, 0.29) is 5.91 Å². The molecular weight excluding hydrogens is 246 g/mol. The molecule has 90 valence electrons. The highest BCUT2D eigenvalue weighted by Gasteiger charge is 2.09. The lowest BCUT2D eigenvalue weighted by Crippen LogP contribution is -2.12. The smallest absolute Gasteiger partial charge is 0.275 e. The zero-order valence-electron chi connectivity index (χ0n) is 9.73. The maximum atomic E-state index is 11.9. The number of carbonyl (C=O) groups excluding carboxylic acids is 1. The van der Waals surface area contributed by atoms with Crippen LogP contribution in [0.4, 0.5) is 5.69 Å². The Balaban J connectivity index is 1.85. The first-order valence-electron chi connectivity index (χ1n) is 5.53. The zero-order valence-corrected chi connectivity index (χ0v) is 10.5. The Hall–Kier alpha value is -2.14. The highest BCUT2D eigenvalue weighted by Crippen LogP contribution is 2.18. The van der Waals surface area contributed by atoms with Crippen LogP contribution in [0.1, 0.15) is 15.5 Å². The Bertz CT molecular complexity index is 714. The fourth-order valence-corrected chi connectivity index (χ4v) is 2.39. The van der Waals surface area contributed by atoms with Gasteiger partial charge < -0.3 is 10.3 Å². The molecule has 3 rings (SSSR count). The summed E-state index contributed by atoms with van der Waals surface area (Å²) in [6, 6.07) is 7.72. The SMILES string of the molecule is Cc1nc(C(=O)Nc2ccc3[nH]ccc3c2)cs1. The van der Waals surface area contributed by atoms with Gasteiger partial charge in [0.15, 0.2) is 0 Å². The first-order valence-corrected chi connectivity index (χ1v) is 6.41. The van der Waals surface area contributed by atoms with E-state index < -0.39 is 0 Å². The van der Waals surface area contributed by atoms with Crippen LogP contribution in [0.25, 0.3) is 10.9 Å².